The average Bonchev–Trinajstić information content (AvgIpc) is 2.42. The van der Waals surface area contributed by atoms with Crippen LogP contribution in [0.3, 0.4) is 0 Å². The fraction of sp³-hybridized carbons (Fsp3) is 0.250. The first-order valence-electron chi connectivity index (χ1n) is 6.33. The third-order valence-corrected chi connectivity index (χ3v) is 2.80. The summed E-state index contributed by atoms with van der Waals surface area (Å²) in [5, 5.41) is 9.38. The maximum atomic E-state index is 9.38. The van der Waals surface area contributed by atoms with E-state index < -0.39 is 6.10 Å². The van der Waals surface area contributed by atoms with E-state index in [1.165, 1.54) is 0 Å². The van der Waals surface area contributed by atoms with E-state index in [4.69, 9.17) is 9.47 Å². The van der Waals surface area contributed by atoms with Gasteiger partial charge in [0.15, 0.2) is 0 Å². The van der Waals surface area contributed by atoms with E-state index in [0.29, 0.717) is 5.75 Å². The van der Waals surface area contributed by atoms with E-state index in [2.05, 4.69) is 0 Å². The number of hydrogen-bond donors (Lipinski definition) is 1. The maximum Gasteiger partial charge on any atom is 0.127 e. The van der Waals surface area contributed by atoms with Crippen LogP contribution in [0.15, 0.2) is 54.6 Å². The predicted octanol–water partition coefficient (Wildman–Crippen LogP) is 3.63. The molecule has 1 N–H and O–H groups in total. The Bertz CT molecular complexity index is 491. The highest BCUT2D eigenvalue weighted by Crippen LogP contribution is 2.24. The molecule has 0 amide bonds. The molecule has 2 atom stereocenters. The van der Waals surface area contributed by atoms with Crippen LogP contribution in [0.2, 0.25) is 0 Å². The van der Waals surface area contributed by atoms with Crippen molar-refractivity contribution in [3.8, 4) is 17.2 Å². The highest BCUT2D eigenvalue weighted by atomic mass is 16.5. The number of rotatable bonds is 5. The lowest BCUT2D eigenvalue weighted by molar-refractivity contribution is 0.0604. The van der Waals surface area contributed by atoms with Crippen molar-refractivity contribution in [2.45, 2.75) is 26.1 Å². The molecule has 0 radical (unpaired) electrons. The quantitative estimate of drug-likeness (QED) is 0.890. The topological polar surface area (TPSA) is 38.7 Å². The van der Waals surface area contributed by atoms with Gasteiger partial charge in [-0.3, -0.25) is 0 Å². The minimum absolute atomic E-state index is 0.235. The summed E-state index contributed by atoms with van der Waals surface area (Å²) in [6.45, 7) is 3.54. The van der Waals surface area contributed by atoms with Gasteiger partial charge in [-0.2, -0.15) is 0 Å². The summed E-state index contributed by atoms with van der Waals surface area (Å²) in [6, 6.07) is 17.0. The Hall–Kier alpha value is -2.00. The van der Waals surface area contributed by atoms with Crippen molar-refractivity contribution >= 4 is 0 Å². The zero-order valence-electron chi connectivity index (χ0n) is 11.1. The Morgan fingerprint density at radius 2 is 1.32 bits per heavy atom. The molecule has 0 spiro atoms. The highest BCUT2D eigenvalue weighted by Gasteiger charge is 2.10. The monoisotopic (exact) mass is 258 g/mol. The standard InChI is InChI=1S/C16H18O3/c1-12(17)13(2)18-15-8-10-16(11-9-15)19-14-6-4-3-5-7-14/h3-13,17H,1-2H3/t12-,13?/m1/s1. The van der Waals surface area contributed by atoms with Gasteiger partial charge in [0.25, 0.3) is 0 Å². The first-order chi connectivity index (χ1) is 9.15. The molecule has 0 saturated carbocycles. The Balaban J connectivity index is 1.99. The van der Waals surface area contributed by atoms with Crippen molar-refractivity contribution < 1.29 is 14.6 Å². The van der Waals surface area contributed by atoms with Gasteiger partial charge in [0, 0.05) is 0 Å². The molecule has 19 heavy (non-hydrogen) atoms. The van der Waals surface area contributed by atoms with Crippen LogP contribution < -0.4 is 9.47 Å². The van der Waals surface area contributed by atoms with Crippen LogP contribution in [0, 0.1) is 0 Å². The van der Waals surface area contributed by atoms with Crippen molar-refractivity contribution in [1.29, 1.82) is 0 Å². The molecule has 3 heteroatoms. The molecule has 100 valence electrons. The van der Waals surface area contributed by atoms with Crippen LogP contribution in [0.1, 0.15) is 13.8 Å². The van der Waals surface area contributed by atoms with Crippen molar-refractivity contribution in [1.82, 2.24) is 0 Å². The zero-order valence-corrected chi connectivity index (χ0v) is 11.1. The number of benzene rings is 2. The van der Waals surface area contributed by atoms with Crippen molar-refractivity contribution in [2.75, 3.05) is 0 Å². The normalized spacial score (nSPS) is 13.6. The number of hydrogen-bond acceptors (Lipinski definition) is 3. The number of aliphatic hydroxyl groups excluding tert-OH is 1. The fourth-order valence-corrected chi connectivity index (χ4v) is 1.52. The molecule has 0 aromatic heterocycles. The van der Waals surface area contributed by atoms with Gasteiger partial charge in [0.2, 0.25) is 0 Å². The second-order valence-electron chi connectivity index (χ2n) is 4.45. The molecule has 1 unspecified atom stereocenters. The van der Waals surface area contributed by atoms with E-state index in [-0.39, 0.29) is 6.10 Å². The van der Waals surface area contributed by atoms with Crippen molar-refractivity contribution in [2.24, 2.45) is 0 Å². The Kier molecular flexibility index (Phi) is 4.42. The van der Waals surface area contributed by atoms with Gasteiger partial charge >= 0.3 is 0 Å². The summed E-state index contributed by atoms with van der Waals surface area (Å²) < 4.78 is 11.3. The molecular weight excluding hydrogens is 240 g/mol. The number of para-hydroxylation sites is 1. The molecule has 0 heterocycles. The molecule has 0 fully saturated rings. The minimum atomic E-state index is -0.500. The lowest BCUT2D eigenvalue weighted by atomic mass is 10.2. The van der Waals surface area contributed by atoms with Gasteiger partial charge in [0.05, 0.1) is 6.10 Å². The predicted molar refractivity (Wildman–Crippen MR) is 74.7 cm³/mol. The smallest absolute Gasteiger partial charge is 0.127 e. The van der Waals surface area contributed by atoms with Crippen LogP contribution in [-0.4, -0.2) is 17.3 Å². The van der Waals surface area contributed by atoms with E-state index >= 15 is 0 Å². The summed E-state index contributed by atoms with van der Waals surface area (Å²) in [7, 11) is 0. The average molecular weight is 258 g/mol. The van der Waals surface area contributed by atoms with Crippen LogP contribution >= 0.6 is 0 Å². The second-order valence-corrected chi connectivity index (χ2v) is 4.45. The molecule has 0 aliphatic carbocycles. The number of ether oxygens (including phenoxy) is 2. The Morgan fingerprint density at radius 1 is 0.789 bits per heavy atom. The fourth-order valence-electron chi connectivity index (χ4n) is 1.52. The Labute approximate surface area is 113 Å². The van der Waals surface area contributed by atoms with Crippen molar-refractivity contribution in [3.05, 3.63) is 54.6 Å². The van der Waals surface area contributed by atoms with Gasteiger partial charge in [-0.25, -0.2) is 0 Å². The van der Waals surface area contributed by atoms with E-state index in [1.807, 2.05) is 61.5 Å². The van der Waals surface area contributed by atoms with Gasteiger partial charge in [-0.05, 0) is 50.2 Å². The third kappa shape index (κ3) is 4.00. The van der Waals surface area contributed by atoms with Crippen LogP contribution in [0.5, 0.6) is 17.2 Å². The molecule has 3 nitrogen and oxygen atoms in total. The second kappa shape index (κ2) is 6.25. The van der Waals surface area contributed by atoms with E-state index in [1.54, 1.807) is 6.92 Å². The molecule has 2 rings (SSSR count). The van der Waals surface area contributed by atoms with Gasteiger partial charge in [0.1, 0.15) is 23.4 Å². The molecule has 2 aromatic rings. The Morgan fingerprint density at radius 3 is 1.89 bits per heavy atom. The van der Waals surface area contributed by atoms with Gasteiger partial charge in [-0.15, -0.1) is 0 Å². The third-order valence-electron chi connectivity index (χ3n) is 2.80. The summed E-state index contributed by atoms with van der Waals surface area (Å²) in [5.74, 6) is 2.27. The molecule has 2 aromatic carbocycles. The summed E-state index contributed by atoms with van der Waals surface area (Å²) in [5.41, 5.74) is 0. The van der Waals surface area contributed by atoms with Gasteiger partial charge in [-0.1, -0.05) is 18.2 Å². The number of aliphatic hydroxyl groups is 1. The molecular formula is C16H18O3. The van der Waals surface area contributed by atoms with Crippen molar-refractivity contribution in [3.63, 3.8) is 0 Å². The highest BCUT2D eigenvalue weighted by molar-refractivity contribution is 5.35. The molecule has 0 bridgehead atoms. The lowest BCUT2D eigenvalue weighted by Gasteiger charge is -2.17. The minimum Gasteiger partial charge on any atom is -0.488 e. The first-order valence-corrected chi connectivity index (χ1v) is 6.33. The first kappa shape index (κ1) is 13.4. The molecule has 0 aliphatic rings. The van der Waals surface area contributed by atoms with Crippen LogP contribution in [-0.2, 0) is 0 Å². The summed E-state index contributed by atoms with van der Waals surface area (Å²) >= 11 is 0. The SMILES string of the molecule is CC(Oc1ccc(Oc2ccccc2)cc1)[C@@H](C)O. The molecule has 0 saturated heterocycles. The van der Waals surface area contributed by atoms with Crippen LogP contribution in [0.25, 0.3) is 0 Å². The summed E-state index contributed by atoms with van der Waals surface area (Å²) in [6.07, 6.45) is -0.735. The zero-order chi connectivity index (χ0) is 13.7. The lowest BCUT2D eigenvalue weighted by Crippen LogP contribution is -2.25. The van der Waals surface area contributed by atoms with Gasteiger partial charge < -0.3 is 14.6 Å². The largest absolute Gasteiger partial charge is 0.488 e. The summed E-state index contributed by atoms with van der Waals surface area (Å²) in [4.78, 5) is 0. The molecule has 0 aliphatic heterocycles. The van der Waals surface area contributed by atoms with E-state index in [9.17, 15) is 5.11 Å². The van der Waals surface area contributed by atoms with E-state index in [0.717, 1.165) is 11.5 Å². The van der Waals surface area contributed by atoms with Crippen LogP contribution in [0.4, 0.5) is 0 Å². The maximum absolute atomic E-state index is 9.38.